The smallest absolute Gasteiger partial charge is 0.191 e. The zero-order valence-corrected chi connectivity index (χ0v) is 14.0. The Bertz CT molecular complexity index is 439. The molecule has 0 radical (unpaired) electrons. The number of aliphatic hydroxyl groups is 1. The lowest BCUT2D eigenvalue weighted by molar-refractivity contribution is 0.00222. The molecule has 0 unspecified atom stereocenters. The fraction of sp³-hybridized carbons (Fsp3) is 0.733. The van der Waals surface area contributed by atoms with E-state index < -0.39 is 5.60 Å². The second-order valence-corrected chi connectivity index (χ2v) is 6.58. The Labute approximate surface area is 131 Å². The van der Waals surface area contributed by atoms with Crippen molar-refractivity contribution < 1.29 is 5.11 Å². The molecule has 0 aliphatic heterocycles. The first-order chi connectivity index (χ1) is 10.1. The monoisotopic (exact) mass is 310 g/mol. The highest BCUT2D eigenvalue weighted by Gasteiger charge is 2.32. The van der Waals surface area contributed by atoms with E-state index in [0.717, 1.165) is 48.4 Å². The molecule has 0 saturated heterocycles. The van der Waals surface area contributed by atoms with Gasteiger partial charge in [-0.2, -0.15) is 0 Å². The highest BCUT2D eigenvalue weighted by atomic mass is 32.2. The molecule has 0 spiro atoms. The average Bonchev–Trinajstić information content (AvgIpc) is 2.53. The molecule has 1 aromatic rings. The van der Waals surface area contributed by atoms with Gasteiger partial charge >= 0.3 is 0 Å². The van der Waals surface area contributed by atoms with Crippen LogP contribution in [0.4, 0.5) is 11.6 Å². The number of hydrogen-bond donors (Lipinski definition) is 3. The molecule has 6 heteroatoms. The summed E-state index contributed by atoms with van der Waals surface area (Å²) >= 11 is 1.51. The van der Waals surface area contributed by atoms with Gasteiger partial charge in [0.05, 0.1) is 5.60 Å². The van der Waals surface area contributed by atoms with Crippen molar-refractivity contribution in [2.75, 3.05) is 30.5 Å². The molecule has 1 saturated carbocycles. The second kappa shape index (κ2) is 7.31. The molecule has 1 aliphatic carbocycles. The molecule has 2 rings (SSSR count). The van der Waals surface area contributed by atoms with Crippen LogP contribution in [-0.4, -0.2) is 40.5 Å². The third kappa shape index (κ3) is 4.48. The van der Waals surface area contributed by atoms with Gasteiger partial charge in [0.1, 0.15) is 11.6 Å². The van der Waals surface area contributed by atoms with E-state index in [1.54, 1.807) is 0 Å². The minimum Gasteiger partial charge on any atom is -0.388 e. The number of nitrogens with one attached hydrogen (secondary N) is 2. The van der Waals surface area contributed by atoms with Crippen molar-refractivity contribution in [2.24, 2.45) is 5.92 Å². The van der Waals surface area contributed by atoms with E-state index in [9.17, 15) is 5.11 Å². The highest BCUT2D eigenvalue weighted by Crippen LogP contribution is 2.33. The molecule has 5 nitrogen and oxygen atoms in total. The molecular formula is C15H26N4OS. The van der Waals surface area contributed by atoms with Crippen molar-refractivity contribution in [3.05, 3.63) is 6.07 Å². The molecule has 21 heavy (non-hydrogen) atoms. The summed E-state index contributed by atoms with van der Waals surface area (Å²) in [6.07, 6.45) is 7.17. The maximum atomic E-state index is 10.7. The van der Waals surface area contributed by atoms with Gasteiger partial charge in [-0.1, -0.05) is 25.1 Å². The summed E-state index contributed by atoms with van der Waals surface area (Å²) in [6, 6.07) is 1.88. The third-order valence-corrected chi connectivity index (χ3v) is 4.90. The first kappa shape index (κ1) is 16.4. The fourth-order valence-corrected chi connectivity index (χ4v) is 3.17. The largest absolute Gasteiger partial charge is 0.388 e. The van der Waals surface area contributed by atoms with Crippen molar-refractivity contribution in [2.45, 2.75) is 49.8 Å². The fourth-order valence-electron chi connectivity index (χ4n) is 2.79. The predicted octanol–water partition coefficient (Wildman–Crippen LogP) is 2.98. The minimum absolute atomic E-state index is 0.553. The van der Waals surface area contributed by atoms with Crippen LogP contribution in [-0.2, 0) is 0 Å². The Morgan fingerprint density at radius 1 is 1.33 bits per heavy atom. The molecule has 0 atom stereocenters. The summed E-state index contributed by atoms with van der Waals surface area (Å²) in [5.74, 6) is 2.34. The van der Waals surface area contributed by atoms with E-state index in [4.69, 9.17) is 0 Å². The van der Waals surface area contributed by atoms with Gasteiger partial charge in [-0.25, -0.2) is 9.97 Å². The number of hydrogen-bond acceptors (Lipinski definition) is 6. The van der Waals surface area contributed by atoms with Gasteiger partial charge in [0.2, 0.25) is 0 Å². The van der Waals surface area contributed by atoms with Crippen LogP contribution in [0.25, 0.3) is 0 Å². The summed E-state index contributed by atoms with van der Waals surface area (Å²) in [4.78, 5) is 8.78. The van der Waals surface area contributed by atoms with E-state index in [1.165, 1.54) is 18.2 Å². The van der Waals surface area contributed by atoms with E-state index in [2.05, 4.69) is 27.5 Å². The molecule has 1 fully saturated rings. The second-order valence-electron chi connectivity index (χ2n) is 5.80. The van der Waals surface area contributed by atoms with Crippen molar-refractivity contribution in [3.8, 4) is 0 Å². The van der Waals surface area contributed by atoms with Gasteiger partial charge in [0.25, 0.3) is 0 Å². The van der Waals surface area contributed by atoms with Crippen molar-refractivity contribution >= 4 is 23.4 Å². The van der Waals surface area contributed by atoms with Gasteiger partial charge in [0, 0.05) is 19.7 Å². The zero-order chi connectivity index (χ0) is 15.3. The van der Waals surface area contributed by atoms with Crippen LogP contribution in [0.3, 0.4) is 0 Å². The van der Waals surface area contributed by atoms with Crippen LogP contribution in [0.5, 0.6) is 0 Å². The average molecular weight is 310 g/mol. The molecule has 0 bridgehead atoms. The summed E-state index contributed by atoms with van der Waals surface area (Å²) in [5.41, 5.74) is -0.601. The molecule has 1 aromatic heterocycles. The van der Waals surface area contributed by atoms with Crippen molar-refractivity contribution in [1.29, 1.82) is 0 Å². The summed E-state index contributed by atoms with van der Waals surface area (Å²) in [7, 11) is 1.84. The number of rotatable bonds is 6. The van der Waals surface area contributed by atoms with Gasteiger partial charge in [-0.05, 0) is 37.9 Å². The predicted molar refractivity (Wildman–Crippen MR) is 89.0 cm³/mol. The van der Waals surface area contributed by atoms with Crippen molar-refractivity contribution in [1.82, 2.24) is 9.97 Å². The Balaban J connectivity index is 1.96. The number of anilines is 2. The van der Waals surface area contributed by atoms with Gasteiger partial charge in [-0.3, -0.25) is 0 Å². The van der Waals surface area contributed by atoms with E-state index in [1.807, 2.05) is 19.4 Å². The Hall–Kier alpha value is -1.01. The van der Waals surface area contributed by atoms with Crippen LogP contribution in [0, 0.1) is 5.92 Å². The maximum Gasteiger partial charge on any atom is 0.191 e. The highest BCUT2D eigenvalue weighted by molar-refractivity contribution is 7.98. The molecule has 3 N–H and O–H groups in total. The molecule has 1 heterocycles. The van der Waals surface area contributed by atoms with Crippen LogP contribution in [0.2, 0.25) is 0 Å². The normalized spacial score (nSPS) is 25.6. The quantitative estimate of drug-likeness (QED) is 0.554. The van der Waals surface area contributed by atoms with Crippen LogP contribution in [0.15, 0.2) is 11.2 Å². The van der Waals surface area contributed by atoms with Gasteiger partial charge in [-0.15, -0.1) is 0 Å². The standard InChI is InChI=1S/C15H26N4OS/c1-4-11-5-7-15(20,8-6-11)10-17-13-9-12(16-2)18-14(19-13)21-3/h9,11,20H,4-8,10H2,1-3H3,(H2,16,17,18,19). The Kier molecular flexibility index (Phi) is 5.70. The SMILES string of the molecule is CCC1CCC(O)(CNc2cc(NC)nc(SC)n2)CC1. The molecule has 1 aliphatic rings. The lowest BCUT2D eigenvalue weighted by atomic mass is 9.78. The zero-order valence-electron chi connectivity index (χ0n) is 13.1. The molecule has 118 valence electrons. The van der Waals surface area contributed by atoms with E-state index >= 15 is 0 Å². The minimum atomic E-state index is -0.601. The van der Waals surface area contributed by atoms with Gasteiger partial charge < -0.3 is 15.7 Å². The number of nitrogens with zero attached hydrogens (tertiary/aromatic N) is 2. The maximum absolute atomic E-state index is 10.7. The van der Waals surface area contributed by atoms with Crippen molar-refractivity contribution in [3.63, 3.8) is 0 Å². The third-order valence-electron chi connectivity index (χ3n) is 4.36. The molecule has 0 amide bonds. The summed E-state index contributed by atoms with van der Waals surface area (Å²) < 4.78 is 0. The first-order valence-corrected chi connectivity index (χ1v) is 8.88. The summed E-state index contributed by atoms with van der Waals surface area (Å²) in [5, 5.41) is 17.7. The summed E-state index contributed by atoms with van der Waals surface area (Å²) in [6.45, 7) is 2.79. The Morgan fingerprint density at radius 2 is 2.00 bits per heavy atom. The van der Waals surface area contributed by atoms with E-state index in [0.29, 0.717) is 6.54 Å². The van der Waals surface area contributed by atoms with E-state index in [-0.39, 0.29) is 0 Å². The topological polar surface area (TPSA) is 70.1 Å². The van der Waals surface area contributed by atoms with Gasteiger partial charge in [0.15, 0.2) is 5.16 Å². The molecular weight excluding hydrogens is 284 g/mol. The van der Waals surface area contributed by atoms with Crippen LogP contribution in [0.1, 0.15) is 39.0 Å². The lowest BCUT2D eigenvalue weighted by Crippen LogP contribution is -2.40. The number of thioether (sulfide) groups is 1. The Morgan fingerprint density at radius 3 is 2.57 bits per heavy atom. The number of aromatic nitrogens is 2. The van der Waals surface area contributed by atoms with Crippen LogP contribution >= 0.6 is 11.8 Å². The first-order valence-electron chi connectivity index (χ1n) is 7.65. The van der Waals surface area contributed by atoms with Crippen LogP contribution < -0.4 is 10.6 Å². The lowest BCUT2D eigenvalue weighted by Gasteiger charge is -2.36. The molecule has 0 aromatic carbocycles.